The van der Waals surface area contributed by atoms with E-state index in [2.05, 4.69) is 15.5 Å². The van der Waals surface area contributed by atoms with Gasteiger partial charge in [0.1, 0.15) is 5.82 Å². The van der Waals surface area contributed by atoms with E-state index in [1.165, 1.54) is 12.1 Å². The van der Waals surface area contributed by atoms with Crippen molar-refractivity contribution in [2.24, 2.45) is 0 Å². The zero-order chi connectivity index (χ0) is 14.0. The molecule has 0 aliphatic carbocycles. The maximum atomic E-state index is 13.4. The third-order valence-electron chi connectivity index (χ3n) is 2.97. The summed E-state index contributed by atoms with van der Waals surface area (Å²) in [6.45, 7) is 3.50. The number of aromatic amines is 1. The summed E-state index contributed by atoms with van der Waals surface area (Å²) in [6, 6.07) is 4.49. The third kappa shape index (κ3) is 2.42. The van der Waals surface area contributed by atoms with Gasteiger partial charge in [0.15, 0.2) is 5.69 Å². The number of nitrogens with two attached hydrogens (primary N) is 1. The van der Waals surface area contributed by atoms with Crippen molar-refractivity contribution in [3.63, 3.8) is 0 Å². The first-order valence-electron chi connectivity index (χ1n) is 5.93. The van der Waals surface area contributed by atoms with Gasteiger partial charge in [-0.25, -0.2) is 4.39 Å². The summed E-state index contributed by atoms with van der Waals surface area (Å²) in [7, 11) is 0. The number of amides is 1. The number of nitrogens with one attached hydrogen (secondary N) is 2. The van der Waals surface area contributed by atoms with Crippen molar-refractivity contribution in [1.82, 2.24) is 10.2 Å². The zero-order valence-electron chi connectivity index (χ0n) is 10.7. The number of hydrogen-bond donors (Lipinski definition) is 3. The molecule has 0 atom stereocenters. The topological polar surface area (TPSA) is 83.8 Å². The Kier molecular flexibility index (Phi) is 3.50. The van der Waals surface area contributed by atoms with Gasteiger partial charge in [0.25, 0.3) is 5.91 Å². The highest BCUT2D eigenvalue weighted by molar-refractivity contribution is 6.06. The van der Waals surface area contributed by atoms with Crippen molar-refractivity contribution in [3.8, 4) is 0 Å². The van der Waals surface area contributed by atoms with Gasteiger partial charge in [0, 0.05) is 11.3 Å². The number of hydrogen-bond acceptors (Lipinski definition) is 3. The van der Waals surface area contributed by atoms with Crippen molar-refractivity contribution < 1.29 is 9.18 Å². The quantitative estimate of drug-likeness (QED) is 0.793. The molecule has 1 amide bonds. The highest BCUT2D eigenvalue weighted by atomic mass is 19.1. The number of carbonyl (C=O) groups is 1. The second-order valence-electron chi connectivity index (χ2n) is 4.18. The second kappa shape index (κ2) is 5.09. The van der Waals surface area contributed by atoms with Crippen molar-refractivity contribution in [3.05, 3.63) is 41.0 Å². The van der Waals surface area contributed by atoms with Gasteiger partial charge < -0.3 is 11.1 Å². The molecule has 100 valence electrons. The predicted octanol–water partition coefficient (Wildman–Crippen LogP) is 2.25. The molecule has 1 aromatic carbocycles. The Morgan fingerprint density at radius 3 is 2.89 bits per heavy atom. The lowest BCUT2D eigenvalue weighted by molar-refractivity contribution is 0.102. The van der Waals surface area contributed by atoms with E-state index in [0.29, 0.717) is 29.1 Å². The zero-order valence-corrected chi connectivity index (χ0v) is 10.7. The minimum atomic E-state index is -0.456. The van der Waals surface area contributed by atoms with Crippen LogP contribution in [-0.2, 0) is 6.42 Å². The van der Waals surface area contributed by atoms with Crippen LogP contribution in [0.15, 0.2) is 18.2 Å². The molecular weight excluding hydrogens is 247 g/mol. The smallest absolute Gasteiger partial charge is 0.278 e. The number of aromatic nitrogens is 2. The number of halogens is 1. The Balaban J connectivity index is 2.26. The monoisotopic (exact) mass is 262 g/mol. The van der Waals surface area contributed by atoms with Crippen LogP contribution in [0.3, 0.4) is 0 Å². The van der Waals surface area contributed by atoms with E-state index in [-0.39, 0.29) is 11.5 Å². The first-order chi connectivity index (χ1) is 9.04. The summed E-state index contributed by atoms with van der Waals surface area (Å²) >= 11 is 0. The van der Waals surface area contributed by atoms with Crippen LogP contribution < -0.4 is 11.1 Å². The number of rotatable bonds is 3. The lowest BCUT2D eigenvalue weighted by atomic mass is 10.2. The second-order valence-corrected chi connectivity index (χ2v) is 4.18. The number of anilines is 2. The molecule has 6 heteroatoms. The van der Waals surface area contributed by atoms with E-state index in [9.17, 15) is 9.18 Å². The molecule has 0 radical (unpaired) electrons. The van der Waals surface area contributed by atoms with Gasteiger partial charge in [-0.1, -0.05) is 13.0 Å². The van der Waals surface area contributed by atoms with Crippen LogP contribution >= 0.6 is 0 Å². The van der Waals surface area contributed by atoms with Crippen molar-refractivity contribution in [2.45, 2.75) is 20.3 Å². The molecule has 0 saturated carbocycles. The molecule has 0 aliphatic heterocycles. The molecule has 2 rings (SSSR count). The summed E-state index contributed by atoms with van der Waals surface area (Å²) in [6.07, 6.45) is 0.658. The maximum Gasteiger partial charge on any atom is 0.278 e. The van der Waals surface area contributed by atoms with Crippen LogP contribution in [0.4, 0.5) is 15.8 Å². The molecule has 0 bridgehead atoms. The molecule has 0 fully saturated rings. The molecule has 0 spiro atoms. The van der Waals surface area contributed by atoms with E-state index in [4.69, 9.17) is 5.73 Å². The van der Waals surface area contributed by atoms with Crippen LogP contribution in [0, 0.1) is 12.7 Å². The number of aryl methyl sites for hydroxylation is 1. The number of benzene rings is 1. The molecule has 2 aromatic rings. The summed E-state index contributed by atoms with van der Waals surface area (Å²) < 4.78 is 13.4. The summed E-state index contributed by atoms with van der Waals surface area (Å²) in [4.78, 5) is 12.0. The van der Waals surface area contributed by atoms with Gasteiger partial charge in [-0.05, 0) is 25.5 Å². The normalized spacial score (nSPS) is 10.5. The van der Waals surface area contributed by atoms with Gasteiger partial charge in [-0.3, -0.25) is 9.89 Å². The molecule has 5 nitrogen and oxygen atoms in total. The molecule has 0 saturated heterocycles. The van der Waals surface area contributed by atoms with Crippen LogP contribution in [0.2, 0.25) is 0 Å². The Morgan fingerprint density at radius 1 is 1.53 bits per heavy atom. The van der Waals surface area contributed by atoms with Gasteiger partial charge in [-0.15, -0.1) is 0 Å². The fourth-order valence-electron chi connectivity index (χ4n) is 1.75. The van der Waals surface area contributed by atoms with E-state index >= 15 is 0 Å². The molecule has 0 aliphatic rings. The Morgan fingerprint density at radius 2 is 2.26 bits per heavy atom. The van der Waals surface area contributed by atoms with Crippen molar-refractivity contribution in [2.75, 3.05) is 11.1 Å². The maximum absolute atomic E-state index is 13.4. The third-order valence-corrected chi connectivity index (χ3v) is 2.97. The number of nitrogen functional groups attached to an aromatic ring is 1. The minimum Gasteiger partial charge on any atom is -0.395 e. The fraction of sp³-hybridized carbons (Fsp3) is 0.231. The minimum absolute atomic E-state index is 0.125. The standard InChI is InChI=1S/C13H15FN4O/c1-3-9-11(15)12(18-17-9)13(19)16-10-6-4-5-8(14)7(10)2/h4-6H,3,15H2,1-2H3,(H,16,19)(H,17,18). The highest BCUT2D eigenvalue weighted by Crippen LogP contribution is 2.20. The van der Waals surface area contributed by atoms with Crippen LogP contribution in [0.25, 0.3) is 0 Å². The summed E-state index contributed by atoms with van der Waals surface area (Å²) in [5.41, 5.74) is 7.75. The lowest BCUT2D eigenvalue weighted by Crippen LogP contribution is -2.15. The number of nitrogens with zero attached hydrogens (tertiary/aromatic N) is 1. The van der Waals surface area contributed by atoms with E-state index in [1.54, 1.807) is 13.0 Å². The Bertz CT molecular complexity index is 621. The lowest BCUT2D eigenvalue weighted by Gasteiger charge is -2.07. The average Bonchev–Trinajstić information content (AvgIpc) is 2.76. The SMILES string of the molecule is CCc1[nH]nc(C(=O)Nc2cccc(F)c2C)c1N. The van der Waals surface area contributed by atoms with Crippen LogP contribution in [0.1, 0.15) is 28.7 Å². The molecular formula is C13H15FN4O. The summed E-state index contributed by atoms with van der Waals surface area (Å²) in [5.74, 6) is -0.829. The van der Waals surface area contributed by atoms with Gasteiger partial charge in [0.2, 0.25) is 0 Å². The number of H-pyrrole nitrogens is 1. The van der Waals surface area contributed by atoms with E-state index in [0.717, 1.165) is 0 Å². The molecule has 19 heavy (non-hydrogen) atoms. The largest absolute Gasteiger partial charge is 0.395 e. The van der Waals surface area contributed by atoms with Crippen LogP contribution in [0.5, 0.6) is 0 Å². The molecule has 1 heterocycles. The first-order valence-corrected chi connectivity index (χ1v) is 5.93. The molecule has 0 unspecified atom stereocenters. The van der Waals surface area contributed by atoms with Crippen molar-refractivity contribution in [1.29, 1.82) is 0 Å². The highest BCUT2D eigenvalue weighted by Gasteiger charge is 2.17. The van der Waals surface area contributed by atoms with E-state index in [1.807, 2.05) is 6.92 Å². The molecule has 1 aromatic heterocycles. The number of carbonyl (C=O) groups excluding carboxylic acids is 1. The van der Waals surface area contributed by atoms with Crippen molar-refractivity contribution >= 4 is 17.3 Å². The molecule has 4 N–H and O–H groups in total. The van der Waals surface area contributed by atoms with E-state index < -0.39 is 5.91 Å². The predicted molar refractivity (Wildman–Crippen MR) is 71.5 cm³/mol. The summed E-state index contributed by atoms with van der Waals surface area (Å²) in [5, 5.41) is 9.19. The first kappa shape index (κ1) is 13.1. The van der Waals surface area contributed by atoms with Gasteiger partial charge in [-0.2, -0.15) is 5.10 Å². The van der Waals surface area contributed by atoms with Gasteiger partial charge >= 0.3 is 0 Å². The Labute approximate surface area is 110 Å². The van der Waals surface area contributed by atoms with Crippen LogP contribution in [-0.4, -0.2) is 16.1 Å². The fourth-order valence-corrected chi connectivity index (χ4v) is 1.75. The Hall–Kier alpha value is -2.37. The van der Waals surface area contributed by atoms with Gasteiger partial charge in [0.05, 0.1) is 11.4 Å². The average molecular weight is 262 g/mol.